The van der Waals surface area contributed by atoms with Crippen molar-refractivity contribution in [1.29, 1.82) is 0 Å². The molecule has 0 bridgehead atoms. The van der Waals surface area contributed by atoms with Crippen LogP contribution in [0.2, 0.25) is 0 Å². The Hall–Kier alpha value is -3.70. The average Bonchev–Trinajstić information content (AvgIpc) is 2.86. The molecule has 3 aromatic rings. The quantitative estimate of drug-likeness (QED) is 0.488. The lowest BCUT2D eigenvalue weighted by Crippen LogP contribution is -2.35. The molecule has 4 rings (SSSR count). The molecule has 1 saturated heterocycles. The van der Waals surface area contributed by atoms with E-state index in [9.17, 15) is 23.1 Å². The summed E-state index contributed by atoms with van der Waals surface area (Å²) in [6, 6.07) is 9.69. The number of methoxy groups -OCH3 is 1. The summed E-state index contributed by atoms with van der Waals surface area (Å²) in [5.74, 6) is -0.382. The standard InChI is InChI=1S/C25H28N4O6S/c1-16-7-8-17(2)21(13-16)29-24(31)19(23(30)27-25(29)32)15-26-20-10-9-18(14-22(20)35-3)36(33,34)28-11-5-4-6-12-28/h7-10,13-15,31H,4-6,11-12H2,1-3H3,(H,27,30,32). The Bertz CT molecular complexity index is 1550. The average molecular weight is 513 g/mol. The van der Waals surface area contributed by atoms with Crippen molar-refractivity contribution in [3.05, 3.63) is 73.9 Å². The SMILES string of the molecule is COc1cc(S(=O)(=O)N2CCCCC2)ccc1N=Cc1c(O)n(-c2cc(C)ccc2C)c(=O)[nH]c1=O. The number of benzene rings is 2. The predicted octanol–water partition coefficient (Wildman–Crippen LogP) is 2.78. The molecular formula is C25H28N4O6S. The van der Waals surface area contributed by atoms with E-state index in [4.69, 9.17) is 4.74 Å². The first-order valence-electron chi connectivity index (χ1n) is 11.5. The molecular weight excluding hydrogens is 484 g/mol. The van der Waals surface area contributed by atoms with Gasteiger partial charge >= 0.3 is 5.69 Å². The highest BCUT2D eigenvalue weighted by molar-refractivity contribution is 7.89. The Kier molecular flexibility index (Phi) is 7.14. The Morgan fingerprint density at radius 1 is 1.06 bits per heavy atom. The lowest BCUT2D eigenvalue weighted by Gasteiger charge is -2.26. The van der Waals surface area contributed by atoms with Crippen molar-refractivity contribution in [2.45, 2.75) is 38.0 Å². The number of nitrogens with one attached hydrogen (secondary N) is 1. The van der Waals surface area contributed by atoms with Crippen LogP contribution < -0.4 is 16.0 Å². The molecule has 0 unspecified atom stereocenters. The molecule has 2 heterocycles. The van der Waals surface area contributed by atoms with Crippen LogP contribution in [0, 0.1) is 13.8 Å². The van der Waals surface area contributed by atoms with Gasteiger partial charge < -0.3 is 9.84 Å². The second kappa shape index (κ2) is 10.1. The fourth-order valence-electron chi connectivity index (χ4n) is 4.15. The summed E-state index contributed by atoms with van der Waals surface area (Å²) in [6.07, 6.45) is 3.76. The molecule has 2 aromatic carbocycles. The highest BCUT2D eigenvalue weighted by Crippen LogP contribution is 2.32. The Morgan fingerprint density at radius 3 is 2.47 bits per heavy atom. The Balaban J connectivity index is 1.74. The zero-order valence-corrected chi connectivity index (χ0v) is 21.1. The highest BCUT2D eigenvalue weighted by Gasteiger charge is 2.26. The van der Waals surface area contributed by atoms with Crippen molar-refractivity contribution in [1.82, 2.24) is 13.9 Å². The smallest absolute Gasteiger partial charge is 0.335 e. The minimum Gasteiger partial charge on any atom is -0.494 e. The molecule has 1 aliphatic heterocycles. The van der Waals surface area contributed by atoms with E-state index >= 15 is 0 Å². The van der Waals surface area contributed by atoms with Gasteiger partial charge in [0.2, 0.25) is 15.9 Å². The van der Waals surface area contributed by atoms with E-state index in [0.29, 0.717) is 18.8 Å². The van der Waals surface area contributed by atoms with E-state index in [1.807, 2.05) is 13.0 Å². The topological polar surface area (TPSA) is 134 Å². The van der Waals surface area contributed by atoms with Crippen LogP contribution in [-0.2, 0) is 10.0 Å². The van der Waals surface area contributed by atoms with Crippen molar-refractivity contribution in [2.75, 3.05) is 20.2 Å². The largest absolute Gasteiger partial charge is 0.494 e. The van der Waals surface area contributed by atoms with Crippen LogP contribution in [0.25, 0.3) is 5.69 Å². The van der Waals surface area contributed by atoms with Crippen molar-refractivity contribution < 1.29 is 18.3 Å². The van der Waals surface area contributed by atoms with Gasteiger partial charge in [-0.05, 0) is 56.0 Å². The molecule has 1 aliphatic rings. The summed E-state index contributed by atoms with van der Waals surface area (Å²) in [5.41, 5.74) is 0.432. The molecule has 0 amide bonds. The van der Waals surface area contributed by atoms with Crippen LogP contribution in [0.1, 0.15) is 36.0 Å². The van der Waals surface area contributed by atoms with Gasteiger partial charge in [-0.25, -0.2) is 17.8 Å². The normalized spacial score (nSPS) is 14.9. The van der Waals surface area contributed by atoms with E-state index in [1.165, 1.54) is 29.6 Å². The number of aromatic amines is 1. The third kappa shape index (κ3) is 4.84. The molecule has 0 atom stereocenters. The van der Waals surface area contributed by atoms with Crippen LogP contribution in [0.15, 0.2) is 55.9 Å². The van der Waals surface area contributed by atoms with Crippen molar-refractivity contribution in [3.8, 4) is 17.3 Å². The number of sulfonamides is 1. The first-order valence-corrected chi connectivity index (χ1v) is 13.0. The summed E-state index contributed by atoms with van der Waals surface area (Å²) in [4.78, 5) is 31.6. The van der Waals surface area contributed by atoms with Gasteiger partial charge in [-0.2, -0.15) is 4.31 Å². The molecule has 0 radical (unpaired) electrons. The third-order valence-corrected chi connectivity index (χ3v) is 8.06. The zero-order valence-electron chi connectivity index (χ0n) is 20.3. The predicted molar refractivity (Wildman–Crippen MR) is 137 cm³/mol. The summed E-state index contributed by atoms with van der Waals surface area (Å²) >= 11 is 0. The fraction of sp³-hybridized carbons (Fsp3) is 0.320. The van der Waals surface area contributed by atoms with E-state index in [-0.39, 0.29) is 21.9 Å². The van der Waals surface area contributed by atoms with Crippen LogP contribution in [-0.4, -0.2) is 53.8 Å². The molecule has 1 fully saturated rings. The van der Waals surface area contributed by atoms with Gasteiger partial charge in [-0.15, -0.1) is 0 Å². The first-order chi connectivity index (χ1) is 17.1. The van der Waals surface area contributed by atoms with Gasteiger partial charge in [-0.1, -0.05) is 18.6 Å². The number of aryl methyl sites for hydroxylation is 2. The van der Waals surface area contributed by atoms with E-state index < -0.39 is 27.2 Å². The summed E-state index contributed by atoms with van der Waals surface area (Å²) in [5, 5.41) is 10.9. The number of piperidine rings is 1. The van der Waals surface area contributed by atoms with Crippen molar-refractivity contribution in [2.24, 2.45) is 4.99 Å². The minimum atomic E-state index is -3.67. The summed E-state index contributed by atoms with van der Waals surface area (Å²) in [7, 11) is -2.29. The minimum absolute atomic E-state index is 0.0874. The molecule has 0 aliphatic carbocycles. The van der Waals surface area contributed by atoms with Gasteiger partial charge in [0.1, 0.15) is 17.0 Å². The van der Waals surface area contributed by atoms with Crippen LogP contribution in [0.5, 0.6) is 11.6 Å². The fourth-order valence-corrected chi connectivity index (χ4v) is 5.69. The molecule has 190 valence electrons. The maximum Gasteiger partial charge on any atom is 0.335 e. The number of hydrogen-bond acceptors (Lipinski definition) is 7. The number of aliphatic imine (C=N–C) groups is 1. The van der Waals surface area contributed by atoms with E-state index in [1.54, 1.807) is 19.1 Å². The molecule has 2 N–H and O–H groups in total. The number of aromatic hydroxyl groups is 1. The lowest BCUT2D eigenvalue weighted by atomic mass is 10.1. The maximum atomic E-state index is 13.0. The molecule has 0 saturated carbocycles. The molecule has 1 aromatic heterocycles. The monoisotopic (exact) mass is 512 g/mol. The Labute approximate surface area is 208 Å². The number of H-pyrrole nitrogens is 1. The van der Waals surface area contributed by atoms with Gasteiger partial charge in [-0.3, -0.25) is 14.8 Å². The van der Waals surface area contributed by atoms with Gasteiger partial charge in [0.25, 0.3) is 5.56 Å². The number of hydrogen-bond donors (Lipinski definition) is 2. The summed E-state index contributed by atoms with van der Waals surface area (Å²) in [6.45, 7) is 4.58. The van der Waals surface area contributed by atoms with Crippen molar-refractivity contribution >= 4 is 21.9 Å². The molecule has 10 nitrogen and oxygen atoms in total. The van der Waals surface area contributed by atoms with Gasteiger partial charge in [0.15, 0.2) is 0 Å². The zero-order chi connectivity index (χ0) is 26.0. The first kappa shape index (κ1) is 25.4. The number of aromatic nitrogens is 2. The molecule has 36 heavy (non-hydrogen) atoms. The highest BCUT2D eigenvalue weighted by atomic mass is 32.2. The second-order valence-electron chi connectivity index (χ2n) is 8.68. The van der Waals surface area contributed by atoms with Gasteiger partial charge in [0.05, 0.1) is 17.7 Å². The third-order valence-electron chi connectivity index (χ3n) is 6.16. The second-order valence-corrected chi connectivity index (χ2v) is 10.6. The number of ether oxygens (including phenoxy) is 1. The Morgan fingerprint density at radius 2 is 1.78 bits per heavy atom. The van der Waals surface area contributed by atoms with Gasteiger partial charge in [0, 0.05) is 25.4 Å². The molecule has 11 heteroatoms. The van der Waals surface area contributed by atoms with E-state index in [2.05, 4.69) is 9.98 Å². The van der Waals surface area contributed by atoms with Crippen molar-refractivity contribution in [3.63, 3.8) is 0 Å². The van der Waals surface area contributed by atoms with Crippen LogP contribution in [0.3, 0.4) is 0 Å². The van der Waals surface area contributed by atoms with Crippen LogP contribution in [0.4, 0.5) is 5.69 Å². The molecule has 0 spiro atoms. The maximum absolute atomic E-state index is 13.0. The van der Waals surface area contributed by atoms with Crippen LogP contribution >= 0.6 is 0 Å². The number of nitrogens with zero attached hydrogens (tertiary/aromatic N) is 3. The van der Waals surface area contributed by atoms with E-state index in [0.717, 1.165) is 41.2 Å². The summed E-state index contributed by atoms with van der Waals surface area (Å²) < 4.78 is 33.9. The number of rotatable bonds is 6. The lowest BCUT2D eigenvalue weighted by molar-refractivity contribution is 0.346.